The molecular formula is C21H21NO6. The van der Waals surface area contributed by atoms with Crippen LogP contribution >= 0.6 is 0 Å². The number of carbonyl (C=O) groups excluding carboxylic acids is 1. The molecule has 0 saturated carbocycles. The molecule has 2 aromatic carbocycles. The van der Waals surface area contributed by atoms with E-state index in [1.807, 2.05) is 48.5 Å². The lowest BCUT2D eigenvalue weighted by Crippen LogP contribution is -2.52. The van der Waals surface area contributed by atoms with Crippen molar-refractivity contribution in [2.75, 3.05) is 6.61 Å². The van der Waals surface area contributed by atoms with Gasteiger partial charge in [-0.1, -0.05) is 48.5 Å². The van der Waals surface area contributed by atoms with Crippen LogP contribution in [0.25, 0.3) is 11.1 Å². The number of amides is 1. The highest BCUT2D eigenvalue weighted by Crippen LogP contribution is 2.44. The number of alkyl carbamates (subject to hydrolysis) is 1. The van der Waals surface area contributed by atoms with Crippen LogP contribution in [0.15, 0.2) is 48.5 Å². The van der Waals surface area contributed by atoms with Crippen molar-refractivity contribution in [1.29, 1.82) is 0 Å². The largest absolute Gasteiger partial charge is 0.481 e. The van der Waals surface area contributed by atoms with Crippen LogP contribution in [0.3, 0.4) is 0 Å². The zero-order valence-corrected chi connectivity index (χ0v) is 15.3. The Labute approximate surface area is 162 Å². The van der Waals surface area contributed by atoms with E-state index in [2.05, 4.69) is 5.32 Å². The van der Waals surface area contributed by atoms with Gasteiger partial charge >= 0.3 is 18.0 Å². The number of hydrogen-bond donors (Lipinski definition) is 3. The molecule has 146 valence electrons. The summed E-state index contributed by atoms with van der Waals surface area (Å²) in [6, 6.07) is 15.7. The van der Waals surface area contributed by atoms with Crippen LogP contribution in [0.2, 0.25) is 0 Å². The summed E-state index contributed by atoms with van der Waals surface area (Å²) in [6.45, 7) is 1.31. The SMILES string of the molecule is C[C@](CCC(=O)O)(NC(=O)OCC1c2ccccc2-c2ccccc21)C(=O)O. The third-order valence-electron chi connectivity index (χ3n) is 5.03. The van der Waals surface area contributed by atoms with Gasteiger partial charge in [-0.3, -0.25) is 4.79 Å². The van der Waals surface area contributed by atoms with Gasteiger partial charge in [-0.05, 0) is 35.6 Å². The molecule has 0 aliphatic heterocycles. The second kappa shape index (κ2) is 7.72. The smallest absolute Gasteiger partial charge is 0.408 e. The van der Waals surface area contributed by atoms with Crippen LogP contribution in [-0.4, -0.2) is 40.4 Å². The van der Waals surface area contributed by atoms with Crippen molar-refractivity contribution in [2.24, 2.45) is 0 Å². The number of rotatable bonds is 7. The standard InChI is InChI=1S/C21H21NO6/c1-21(19(25)26,11-10-18(23)24)22-20(27)28-12-17-15-8-4-2-6-13(15)14-7-3-5-9-16(14)17/h2-9,17H,10-12H2,1H3,(H,22,27)(H,23,24)(H,25,26)/t21-/m1/s1. The number of fused-ring (bicyclic) bond motifs is 3. The van der Waals surface area contributed by atoms with E-state index < -0.39 is 23.6 Å². The van der Waals surface area contributed by atoms with Crippen LogP contribution < -0.4 is 5.32 Å². The Balaban J connectivity index is 1.71. The van der Waals surface area contributed by atoms with E-state index in [-0.39, 0.29) is 25.4 Å². The highest BCUT2D eigenvalue weighted by molar-refractivity contribution is 5.85. The van der Waals surface area contributed by atoms with Gasteiger partial charge in [-0.2, -0.15) is 0 Å². The fourth-order valence-corrected chi connectivity index (χ4v) is 3.44. The minimum Gasteiger partial charge on any atom is -0.481 e. The molecule has 1 aliphatic rings. The first-order valence-electron chi connectivity index (χ1n) is 8.90. The third kappa shape index (κ3) is 3.83. The van der Waals surface area contributed by atoms with E-state index in [0.717, 1.165) is 22.3 Å². The van der Waals surface area contributed by atoms with Gasteiger partial charge in [0, 0.05) is 12.3 Å². The first-order valence-corrected chi connectivity index (χ1v) is 8.90. The molecule has 0 saturated heterocycles. The number of carboxylic acids is 2. The third-order valence-corrected chi connectivity index (χ3v) is 5.03. The summed E-state index contributed by atoms with van der Waals surface area (Å²) in [6.07, 6.45) is -1.52. The number of aliphatic carboxylic acids is 2. The van der Waals surface area contributed by atoms with Crippen molar-refractivity contribution in [3.8, 4) is 11.1 Å². The predicted octanol–water partition coefficient (Wildman–Crippen LogP) is 3.23. The van der Waals surface area contributed by atoms with Crippen molar-refractivity contribution < 1.29 is 29.3 Å². The van der Waals surface area contributed by atoms with E-state index >= 15 is 0 Å². The first kappa shape index (κ1) is 19.4. The van der Waals surface area contributed by atoms with Crippen LogP contribution in [0.1, 0.15) is 36.8 Å². The second-order valence-corrected chi connectivity index (χ2v) is 6.98. The van der Waals surface area contributed by atoms with E-state index in [0.29, 0.717) is 0 Å². The first-order chi connectivity index (χ1) is 13.3. The van der Waals surface area contributed by atoms with Crippen molar-refractivity contribution in [2.45, 2.75) is 31.2 Å². The summed E-state index contributed by atoms with van der Waals surface area (Å²) in [5.41, 5.74) is 2.54. The van der Waals surface area contributed by atoms with E-state index in [9.17, 15) is 19.5 Å². The number of benzene rings is 2. The number of ether oxygens (including phenoxy) is 1. The molecule has 0 heterocycles. The quantitative estimate of drug-likeness (QED) is 0.677. The number of carbonyl (C=O) groups is 3. The molecule has 2 aromatic rings. The molecule has 3 rings (SSSR count). The fourth-order valence-electron chi connectivity index (χ4n) is 3.44. The topological polar surface area (TPSA) is 113 Å². The van der Waals surface area contributed by atoms with Gasteiger partial charge in [0.25, 0.3) is 0 Å². The van der Waals surface area contributed by atoms with Gasteiger partial charge in [-0.15, -0.1) is 0 Å². The summed E-state index contributed by atoms with van der Waals surface area (Å²) < 4.78 is 5.33. The fraction of sp³-hybridized carbons (Fsp3) is 0.286. The van der Waals surface area contributed by atoms with Gasteiger partial charge < -0.3 is 20.3 Å². The van der Waals surface area contributed by atoms with Gasteiger partial charge in [0.2, 0.25) is 0 Å². The molecule has 1 aliphatic carbocycles. The highest BCUT2D eigenvalue weighted by atomic mass is 16.5. The summed E-state index contributed by atoms with van der Waals surface area (Å²) in [4.78, 5) is 34.5. The lowest BCUT2D eigenvalue weighted by Gasteiger charge is -2.25. The van der Waals surface area contributed by atoms with Crippen molar-refractivity contribution in [1.82, 2.24) is 5.32 Å². The Kier molecular flexibility index (Phi) is 5.35. The predicted molar refractivity (Wildman–Crippen MR) is 101 cm³/mol. The Morgan fingerprint density at radius 1 is 1.00 bits per heavy atom. The number of carboxylic acid groups (broad SMARTS) is 2. The molecule has 1 atom stereocenters. The van der Waals surface area contributed by atoms with Crippen LogP contribution in [0, 0.1) is 0 Å². The van der Waals surface area contributed by atoms with Crippen molar-refractivity contribution in [3.05, 3.63) is 59.7 Å². The summed E-state index contributed by atoms with van der Waals surface area (Å²) in [5.74, 6) is -2.60. The van der Waals surface area contributed by atoms with Gasteiger partial charge in [0.15, 0.2) is 0 Å². The lowest BCUT2D eigenvalue weighted by molar-refractivity contribution is -0.145. The second-order valence-electron chi connectivity index (χ2n) is 6.98. The maximum Gasteiger partial charge on any atom is 0.408 e. The molecule has 0 fully saturated rings. The Morgan fingerprint density at radius 3 is 2.04 bits per heavy atom. The normalized spacial score (nSPS) is 14.5. The van der Waals surface area contributed by atoms with Crippen LogP contribution in [-0.2, 0) is 14.3 Å². The zero-order chi connectivity index (χ0) is 20.3. The molecule has 0 aromatic heterocycles. The maximum atomic E-state index is 12.2. The zero-order valence-electron chi connectivity index (χ0n) is 15.3. The highest BCUT2D eigenvalue weighted by Gasteiger charge is 2.36. The summed E-state index contributed by atoms with van der Waals surface area (Å²) >= 11 is 0. The van der Waals surface area contributed by atoms with Crippen LogP contribution in [0.5, 0.6) is 0 Å². The minimum absolute atomic E-state index is 0.0501. The number of hydrogen-bond acceptors (Lipinski definition) is 4. The van der Waals surface area contributed by atoms with E-state index in [1.165, 1.54) is 6.92 Å². The molecule has 0 bridgehead atoms. The van der Waals surface area contributed by atoms with Crippen molar-refractivity contribution in [3.63, 3.8) is 0 Å². The molecule has 0 unspecified atom stereocenters. The summed E-state index contributed by atoms with van der Waals surface area (Å²) in [5, 5.41) is 20.5. The molecule has 28 heavy (non-hydrogen) atoms. The molecule has 3 N–H and O–H groups in total. The van der Waals surface area contributed by atoms with Crippen molar-refractivity contribution >= 4 is 18.0 Å². The minimum atomic E-state index is -1.72. The number of nitrogens with one attached hydrogen (secondary N) is 1. The Bertz CT molecular complexity index is 879. The van der Waals surface area contributed by atoms with Gasteiger partial charge in [0.1, 0.15) is 12.1 Å². The lowest BCUT2D eigenvalue weighted by atomic mass is 9.96. The molecule has 7 heteroatoms. The molecule has 1 amide bonds. The Hall–Kier alpha value is -3.35. The molecule has 0 spiro atoms. The molecular weight excluding hydrogens is 362 g/mol. The molecule has 7 nitrogen and oxygen atoms in total. The average Bonchev–Trinajstić information content (AvgIpc) is 2.98. The van der Waals surface area contributed by atoms with E-state index in [4.69, 9.17) is 9.84 Å². The van der Waals surface area contributed by atoms with E-state index in [1.54, 1.807) is 0 Å². The monoisotopic (exact) mass is 383 g/mol. The Morgan fingerprint density at radius 2 is 1.54 bits per heavy atom. The molecule has 0 radical (unpaired) electrons. The summed E-state index contributed by atoms with van der Waals surface area (Å²) in [7, 11) is 0. The maximum absolute atomic E-state index is 12.2. The average molecular weight is 383 g/mol. The van der Waals surface area contributed by atoms with Gasteiger partial charge in [0.05, 0.1) is 0 Å². The van der Waals surface area contributed by atoms with Crippen LogP contribution in [0.4, 0.5) is 4.79 Å². The van der Waals surface area contributed by atoms with Gasteiger partial charge in [-0.25, -0.2) is 9.59 Å².